The van der Waals surface area contributed by atoms with Gasteiger partial charge < -0.3 is 0 Å². The molecule has 0 fully saturated rings. The van der Waals surface area contributed by atoms with Gasteiger partial charge in [0, 0.05) is 18.7 Å². The first kappa shape index (κ1) is 11.3. The minimum absolute atomic E-state index is 0.415. The third-order valence-electron chi connectivity index (χ3n) is 2.12. The molecule has 5 heteroatoms. The largest absolute Gasteiger partial charge is 0.407 e. The first-order valence-electron chi connectivity index (χ1n) is 4.89. The molecule has 0 saturated carbocycles. The van der Waals surface area contributed by atoms with Crippen molar-refractivity contribution in [3.63, 3.8) is 0 Å². The van der Waals surface area contributed by atoms with Crippen molar-refractivity contribution in [2.24, 2.45) is 5.10 Å². The van der Waals surface area contributed by atoms with Crippen LogP contribution in [-0.4, -0.2) is 30.0 Å². The molecule has 0 aliphatic carbocycles. The van der Waals surface area contributed by atoms with Crippen LogP contribution in [0.4, 0.5) is 13.2 Å². The van der Waals surface area contributed by atoms with E-state index in [0.29, 0.717) is 13.0 Å². The summed E-state index contributed by atoms with van der Waals surface area (Å²) >= 11 is 0. The second-order valence-electron chi connectivity index (χ2n) is 3.52. The monoisotopic (exact) mass is 208 g/mol. The molecule has 0 aromatic heterocycles. The molecule has 0 spiro atoms. The lowest BCUT2D eigenvalue weighted by atomic mass is 10.1. The van der Waals surface area contributed by atoms with Crippen LogP contribution in [0.1, 0.15) is 32.6 Å². The Bertz CT molecular complexity index is 211. The molecule has 0 amide bonds. The van der Waals surface area contributed by atoms with Gasteiger partial charge in [-0.15, -0.1) is 0 Å². The molecule has 82 valence electrons. The van der Waals surface area contributed by atoms with Crippen LogP contribution in [0.25, 0.3) is 0 Å². The Hall–Kier alpha value is -0.740. The molecule has 2 nitrogen and oxygen atoms in total. The van der Waals surface area contributed by atoms with Gasteiger partial charge in [0.2, 0.25) is 0 Å². The van der Waals surface area contributed by atoms with Crippen LogP contribution in [0.3, 0.4) is 0 Å². The van der Waals surface area contributed by atoms with Crippen molar-refractivity contribution in [2.75, 3.05) is 13.1 Å². The summed E-state index contributed by atoms with van der Waals surface area (Å²) in [5, 5.41) is 5.06. The Morgan fingerprint density at radius 1 is 1.43 bits per heavy atom. The summed E-state index contributed by atoms with van der Waals surface area (Å²) in [4.78, 5) is 0. The van der Waals surface area contributed by atoms with Crippen molar-refractivity contribution in [2.45, 2.75) is 38.8 Å². The van der Waals surface area contributed by atoms with Crippen LogP contribution >= 0.6 is 0 Å². The van der Waals surface area contributed by atoms with E-state index < -0.39 is 12.7 Å². The average molecular weight is 208 g/mol. The first-order chi connectivity index (χ1) is 6.51. The number of rotatable bonds is 4. The molecule has 0 radical (unpaired) electrons. The van der Waals surface area contributed by atoms with Crippen LogP contribution in [-0.2, 0) is 0 Å². The summed E-state index contributed by atoms with van der Waals surface area (Å²) in [7, 11) is 0. The van der Waals surface area contributed by atoms with E-state index >= 15 is 0 Å². The number of hydrazone groups is 1. The maximum Gasteiger partial charge on any atom is 0.407 e. The minimum atomic E-state index is -4.14. The van der Waals surface area contributed by atoms with Crippen LogP contribution in [0.2, 0.25) is 0 Å². The molecule has 0 bridgehead atoms. The Kier molecular flexibility index (Phi) is 3.77. The fraction of sp³-hybridized carbons (Fsp3) is 0.889. The summed E-state index contributed by atoms with van der Waals surface area (Å²) in [6.07, 6.45) is -0.540. The van der Waals surface area contributed by atoms with E-state index in [2.05, 4.69) is 12.0 Å². The molecule has 1 aliphatic heterocycles. The highest BCUT2D eigenvalue weighted by molar-refractivity contribution is 5.85. The van der Waals surface area contributed by atoms with Crippen molar-refractivity contribution < 1.29 is 13.2 Å². The highest BCUT2D eigenvalue weighted by Gasteiger charge is 2.31. The predicted molar refractivity (Wildman–Crippen MR) is 49.2 cm³/mol. The Morgan fingerprint density at radius 2 is 2.14 bits per heavy atom. The lowest BCUT2D eigenvalue weighted by molar-refractivity contribution is -0.144. The Morgan fingerprint density at radius 3 is 2.71 bits per heavy atom. The van der Waals surface area contributed by atoms with Crippen LogP contribution in [0.15, 0.2) is 5.10 Å². The molecular weight excluding hydrogens is 193 g/mol. The summed E-state index contributed by atoms with van der Waals surface area (Å²) < 4.78 is 35.9. The van der Waals surface area contributed by atoms with Gasteiger partial charge in [-0.05, 0) is 12.8 Å². The van der Waals surface area contributed by atoms with E-state index in [-0.39, 0.29) is 0 Å². The topological polar surface area (TPSA) is 15.6 Å². The molecule has 0 N–H and O–H groups in total. The van der Waals surface area contributed by atoms with Gasteiger partial charge in [-0.1, -0.05) is 13.3 Å². The first-order valence-corrected chi connectivity index (χ1v) is 4.89. The standard InChI is InChI=1S/C9H15F3N2/c1-2-3-4-8-5-6-14(13-8)7-9(10,11)12/h2-7H2,1H3. The number of alkyl halides is 3. The molecule has 0 atom stereocenters. The highest BCUT2D eigenvalue weighted by Crippen LogP contribution is 2.20. The summed E-state index contributed by atoms with van der Waals surface area (Å²) in [6, 6.07) is 0. The van der Waals surface area contributed by atoms with E-state index in [1.54, 1.807) is 0 Å². The van der Waals surface area contributed by atoms with Gasteiger partial charge in [0.15, 0.2) is 0 Å². The molecule has 0 aromatic carbocycles. The molecular formula is C9H15F3N2. The molecule has 0 unspecified atom stereocenters. The van der Waals surface area contributed by atoms with Gasteiger partial charge in [0.1, 0.15) is 6.54 Å². The fourth-order valence-electron chi connectivity index (χ4n) is 1.44. The van der Waals surface area contributed by atoms with Crippen molar-refractivity contribution >= 4 is 5.71 Å². The Labute approximate surface area is 81.8 Å². The second-order valence-corrected chi connectivity index (χ2v) is 3.52. The number of unbranched alkanes of at least 4 members (excludes halogenated alkanes) is 1. The lowest BCUT2D eigenvalue weighted by Crippen LogP contribution is -2.28. The zero-order valence-electron chi connectivity index (χ0n) is 8.27. The normalized spacial score (nSPS) is 17.4. The van der Waals surface area contributed by atoms with Crippen LogP contribution in [0.5, 0.6) is 0 Å². The van der Waals surface area contributed by atoms with E-state index in [1.807, 2.05) is 0 Å². The Balaban J connectivity index is 2.34. The van der Waals surface area contributed by atoms with Crippen molar-refractivity contribution in [3.8, 4) is 0 Å². The van der Waals surface area contributed by atoms with E-state index in [1.165, 1.54) is 0 Å². The minimum Gasteiger partial charge on any atom is -0.288 e. The fourth-order valence-corrected chi connectivity index (χ4v) is 1.44. The van der Waals surface area contributed by atoms with E-state index in [9.17, 15) is 13.2 Å². The van der Waals surface area contributed by atoms with Crippen LogP contribution in [0, 0.1) is 0 Å². The van der Waals surface area contributed by atoms with Gasteiger partial charge in [-0.2, -0.15) is 18.3 Å². The maximum absolute atomic E-state index is 12.0. The van der Waals surface area contributed by atoms with E-state index in [0.717, 1.165) is 30.0 Å². The van der Waals surface area contributed by atoms with Crippen LogP contribution < -0.4 is 0 Å². The van der Waals surface area contributed by atoms with Gasteiger partial charge in [0.05, 0.1) is 0 Å². The number of hydrogen-bond donors (Lipinski definition) is 0. The third kappa shape index (κ3) is 3.98. The molecule has 1 rings (SSSR count). The maximum atomic E-state index is 12.0. The van der Waals surface area contributed by atoms with Gasteiger partial charge >= 0.3 is 6.18 Å². The zero-order valence-corrected chi connectivity index (χ0v) is 8.27. The van der Waals surface area contributed by atoms with Crippen molar-refractivity contribution in [3.05, 3.63) is 0 Å². The van der Waals surface area contributed by atoms with Gasteiger partial charge in [-0.25, -0.2) is 0 Å². The lowest BCUT2D eigenvalue weighted by Gasteiger charge is -2.15. The van der Waals surface area contributed by atoms with E-state index in [4.69, 9.17) is 0 Å². The number of halogens is 3. The second kappa shape index (κ2) is 4.66. The van der Waals surface area contributed by atoms with Crippen molar-refractivity contribution in [1.29, 1.82) is 0 Å². The smallest absolute Gasteiger partial charge is 0.288 e. The molecule has 0 aromatic rings. The quantitative estimate of drug-likeness (QED) is 0.693. The molecule has 14 heavy (non-hydrogen) atoms. The van der Waals surface area contributed by atoms with Gasteiger partial charge in [-0.3, -0.25) is 5.01 Å². The highest BCUT2D eigenvalue weighted by atomic mass is 19.4. The number of nitrogens with zero attached hydrogens (tertiary/aromatic N) is 2. The average Bonchev–Trinajstić information content (AvgIpc) is 2.46. The molecule has 1 aliphatic rings. The summed E-state index contributed by atoms with van der Waals surface area (Å²) in [5.74, 6) is 0. The van der Waals surface area contributed by atoms with Crippen molar-refractivity contribution in [1.82, 2.24) is 5.01 Å². The summed E-state index contributed by atoms with van der Waals surface area (Å²) in [5.41, 5.74) is 0.913. The predicted octanol–water partition coefficient (Wildman–Crippen LogP) is 2.80. The molecule has 1 heterocycles. The molecule has 0 saturated heterocycles. The zero-order chi connectivity index (χ0) is 10.6. The SMILES string of the molecule is CCCCC1=NN(CC(F)(F)F)CC1. The summed E-state index contributed by atoms with van der Waals surface area (Å²) in [6.45, 7) is 1.56. The van der Waals surface area contributed by atoms with Gasteiger partial charge in [0.25, 0.3) is 0 Å². The third-order valence-corrected chi connectivity index (χ3v) is 2.12. The number of hydrogen-bond acceptors (Lipinski definition) is 2.